The molecule has 0 atom stereocenters. The molecule has 6 nitrogen and oxygen atoms in total. The minimum atomic E-state index is -0.481. The summed E-state index contributed by atoms with van der Waals surface area (Å²) in [5.74, 6) is 0.354. The van der Waals surface area contributed by atoms with Crippen molar-refractivity contribution in [3.05, 3.63) is 48.8 Å². The molecule has 92 valence electrons. The SMILES string of the molecule is O=[N+]([O-])c1ccc(I)c(Oc2ncc(Br)cn2)c1. The summed E-state index contributed by atoms with van der Waals surface area (Å²) >= 11 is 5.23. The molecule has 8 heteroatoms. The number of non-ortho nitro benzene ring substituents is 1. The normalized spacial score (nSPS) is 10.1. The maximum atomic E-state index is 10.7. The van der Waals surface area contributed by atoms with Crippen molar-refractivity contribution in [1.29, 1.82) is 0 Å². The number of aromatic nitrogens is 2. The Labute approximate surface area is 124 Å². The fourth-order valence-electron chi connectivity index (χ4n) is 1.14. The fourth-order valence-corrected chi connectivity index (χ4v) is 1.79. The van der Waals surface area contributed by atoms with Crippen molar-refractivity contribution in [1.82, 2.24) is 9.97 Å². The first kappa shape index (κ1) is 13.1. The smallest absolute Gasteiger partial charge is 0.321 e. The number of nitro groups is 1. The second-order valence-electron chi connectivity index (χ2n) is 3.16. The Morgan fingerprint density at radius 3 is 2.61 bits per heavy atom. The van der Waals surface area contributed by atoms with Crippen molar-refractivity contribution in [3.8, 4) is 11.8 Å². The second kappa shape index (κ2) is 5.57. The topological polar surface area (TPSA) is 78.2 Å². The molecule has 0 N–H and O–H groups in total. The molecule has 0 saturated heterocycles. The Hall–Kier alpha value is -1.29. The molecule has 0 saturated carbocycles. The van der Waals surface area contributed by atoms with Gasteiger partial charge >= 0.3 is 6.01 Å². The van der Waals surface area contributed by atoms with Crippen molar-refractivity contribution in [2.75, 3.05) is 0 Å². The summed E-state index contributed by atoms with van der Waals surface area (Å²) in [6.45, 7) is 0. The van der Waals surface area contributed by atoms with Crippen molar-refractivity contribution in [2.24, 2.45) is 0 Å². The van der Waals surface area contributed by atoms with Gasteiger partial charge < -0.3 is 4.74 Å². The number of nitrogens with zero attached hydrogens (tertiary/aromatic N) is 3. The second-order valence-corrected chi connectivity index (χ2v) is 5.24. The highest BCUT2D eigenvalue weighted by molar-refractivity contribution is 14.1. The Balaban J connectivity index is 2.30. The van der Waals surface area contributed by atoms with Gasteiger partial charge in [0.25, 0.3) is 5.69 Å². The van der Waals surface area contributed by atoms with Gasteiger partial charge in [-0.25, -0.2) is 9.97 Å². The zero-order valence-corrected chi connectivity index (χ0v) is 12.5. The van der Waals surface area contributed by atoms with Crippen LogP contribution in [0.5, 0.6) is 11.8 Å². The van der Waals surface area contributed by atoms with E-state index in [2.05, 4.69) is 25.9 Å². The van der Waals surface area contributed by atoms with Gasteiger partial charge in [0.05, 0.1) is 19.0 Å². The number of hydrogen-bond donors (Lipinski definition) is 0. The van der Waals surface area contributed by atoms with E-state index in [1.165, 1.54) is 24.5 Å². The van der Waals surface area contributed by atoms with Gasteiger partial charge in [-0.3, -0.25) is 10.1 Å². The molecule has 0 aliphatic heterocycles. The number of hydrogen-bond acceptors (Lipinski definition) is 5. The van der Waals surface area contributed by atoms with Gasteiger partial charge in [0.1, 0.15) is 0 Å². The summed E-state index contributed by atoms with van der Waals surface area (Å²) in [6.07, 6.45) is 3.07. The predicted molar refractivity (Wildman–Crippen MR) is 75.6 cm³/mol. The molecule has 18 heavy (non-hydrogen) atoms. The quantitative estimate of drug-likeness (QED) is 0.430. The number of nitro benzene ring substituents is 1. The highest BCUT2D eigenvalue weighted by Crippen LogP contribution is 2.28. The summed E-state index contributed by atoms with van der Waals surface area (Å²) in [5.41, 5.74) is -0.0393. The van der Waals surface area contributed by atoms with Crippen LogP contribution >= 0.6 is 38.5 Å². The average Bonchev–Trinajstić information content (AvgIpc) is 2.34. The minimum Gasteiger partial charge on any atom is -0.423 e. The lowest BCUT2D eigenvalue weighted by atomic mass is 10.3. The highest BCUT2D eigenvalue weighted by Gasteiger charge is 2.12. The molecule has 2 rings (SSSR count). The van der Waals surface area contributed by atoms with Gasteiger partial charge in [-0.15, -0.1) is 0 Å². The van der Waals surface area contributed by atoms with Crippen molar-refractivity contribution in [3.63, 3.8) is 0 Å². The van der Waals surface area contributed by atoms with Gasteiger partial charge in [-0.1, -0.05) is 0 Å². The van der Waals surface area contributed by atoms with Crippen LogP contribution in [0, 0.1) is 13.7 Å². The zero-order chi connectivity index (χ0) is 13.1. The van der Waals surface area contributed by atoms with Crippen molar-refractivity contribution in [2.45, 2.75) is 0 Å². The van der Waals surface area contributed by atoms with Crippen LogP contribution < -0.4 is 4.74 Å². The lowest BCUT2D eigenvalue weighted by Gasteiger charge is -2.05. The molecule has 0 unspecified atom stereocenters. The van der Waals surface area contributed by atoms with Crippen LogP contribution in [0.3, 0.4) is 0 Å². The fraction of sp³-hybridized carbons (Fsp3) is 0. The van der Waals surface area contributed by atoms with Crippen LogP contribution in [0.1, 0.15) is 0 Å². The Bertz CT molecular complexity index is 591. The van der Waals surface area contributed by atoms with E-state index >= 15 is 0 Å². The first-order valence-electron chi connectivity index (χ1n) is 4.65. The number of benzene rings is 1. The average molecular weight is 422 g/mol. The number of ether oxygens (including phenoxy) is 1. The van der Waals surface area contributed by atoms with E-state index in [0.717, 1.165) is 8.04 Å². The minimum absolute atomic E-state index is 0.0393. The van der Waals surface area contributed by atoms with Crippen LogP contribution in [-0.4, -0.2) is 14.9 Å². The van der Waals surface area contributed by atoms with Crippen molar-refractivity contribution >= 4 is 44.2 Å². The molecule has 0 spiro atoms. The van der Waals surface area contributed by atoms with E-state index in [1.807, 2.05) is 22.6 Å². The zero-order valence-electron chi connectivity index (χ0n) is 8.71. The Kier molecular flexibility index (Phi) is 4.07. The molecule has 0 bridgehead atoms. The van der Waals surface area contributed by atoms with E-state index in [4.69, 9.17) is 4.74 Å². The van der Waals surface area contributed by atoms with E-state index < -0.39 is 4.92 Å². The van der Waals surface area contributed by atoms with Gasteiger partial charge in [0.15, 0.2) is 5.75 Å². The van der Waals surface area contributed by atoms with Gasteiger partial charge in [0.2, 0.25) is 0 Å². The lowest BCUT2D eigenvalue weighted by molar-refractivity contribution is -0.384. The molecule has 0 aliphatic rings. The molecule has 1 aromatic carbocycles. The number of halogens is 2. The lowest BCUT2D eigenvalue weighted by Crippen LogP contribution is -1.95. The summed E-state index contributed by atoms with van der Waals surface area (Å²) in [4.78, 5) is 18.1. The highest BCUT2D eigenvalue weighted by atomic mass is 127. The van der Waals surface area contributed by atoms with Crippen LogP contribution in [0.15, 0.2) is 35.1 Å². The molecule has 0 fully saturated rings. The molecule has 2 aromatic rings. The molecular formula is C10H5BrIN3O3. The molecule has 0 radical (unpaired) electrons. The first-order chi connectivity index (χ1) is 8.56. The van der Waals surface area contributed by atoms with Crippen LogP contribution in [-0.2, 0) is 0 Å². The van der Waals surface area contributed by atoms with E-state index in [9.17, 15) is 10.1 Å². The van der Waals surface area contributed by atoms with E-state index in [-0.39, 0.29) is 11.7 Å². The third kappa shape index (κ3) is 3.13. The first-order valence-corrected chi connectivity index (χ1v) is 6.53. The van der Waals surface area contributed by atoms with Gasteiger partial charge in [-0.05, 0) is 44.6 Å². The third-order valence-corrected chi connectivity index (χ3v) is 3.22. The van der Waals surface area contributed by atoms with Gasteiger partial charge in [0, 0.05) is 18.5 Å². The van der Waals surface area contributed by atoms with E-state index in [1.54, 1.807) is 6.07 Å². The molecule has 0 amide bonds. The summed E-state index contributed by atoms with van der Waals surface area (Å²) in [6, 6.07) is 4.49. The van der Waals surface area contributed by atoms with Gasteiger partial charge in [-0.2, -0.15) is 0 Å². The Morgan fingerprint density at radius 2 is 2.00 bits per heavy atom. The van der Waals surface area contributed by atoms with Crippen LogP contribution in [0.25, 0.3) is 0 Å². The largest absolute Gasteiger partial charge is 0.423 e. The van der Waals surface area contributed by atoms with Crippen molar-refractivity contribution < 1.29 is 9.66 Å². The molecular weight excluding hydrogens is 417 g/mol. The molecule has 1 heterocycles. The summed E-state index contributed by atoms with van der Waals surface area (Å²) < 4.78 is 6.87. The van der Waals surface area contributed by atoms with Crippen LogP contribution in [0.2, 0.25) is 0 Å². The third-order valence-electron chi connectivity index (χ3n) is 1.92. The number of rotatable bonds is 3. The maximum absolute atomic E-state index is 10.7. The summed E-state index contributed by atoms with van der Waals surface area (Å²) in [7, 11) is 0. The predicted octanol–water partition coefficient (Wildman–Crippen LogP) is 3.54. The molecule has 1 aromatic heterocycles. The van der Waals surface area contributed by atoms with Crippen LogP contribution in [0.4, 0.5) is 5.69 Å². The Morgan fingerprint density at radius 1 is 1.33 bits per heavy atom. The monoisotopic (exact) mass is 421 g/mol. The molecule has 0 aliphatic carbocycles. The standard InChI is InChI=1S/C10H5BrIN3O3/c11-6-4-13-10(14-5-6)18-9-3-7(15(16)17)1-2-8(9)12/h1-5H. The summed E-state index contributed by atoms with van der Waals surface area (Å²) in [5, 5.41) is 10.7. The maximum Gasteiger partial charge on any atom is 0.321 e. The van der Waals surface area contributed by atoms with E-state index in [0.29, 0.717) is 5.75 Å².